The quantitative estimate of drug-likeness (QED) is 0.840. The van der Waals surface area contributed by atoms with Gasteiger partial charge in [-0.2, -0.15) is 0 Å². The van der Waals surface area contributed by atoms with Crippen molar-refractivity contribution in [2.24, 2.45) is 0 Å². The van der Waals surface area contributed by atoms with Gasteiger partial charge < -0.3 is 10.4 Å². The fraction of sp³-hybridized carbons (Fsp3) is 0.316. The molecule has 2 N–H and O–H groups in total. The molecule has 0 aliphatic carbocycles. The Labute approximate surface area is 157 Å². The third-order valence-corrected chi connectivity index (χ3v) is 4.72. The Hall–Kier alpha value is -1.59. The number of anilines is 1. The number of carbonyl (C=O) groups excluding carboxylic acids is 1. The van der Waals surface area contributed by atoms with Crippen molar-refractivity contribution in [3.05, 3.63) is 64.1 Å². The van der Waals surface area contributed by atoms with Crippen molar-refractivity contribution in [1.29, 1.82) is 0 Å². The molecule has 1 aliphatic rings. The van der Waals surface area contributed by atoms with E-state index in [1.54, 1.807) is 18.2 Å². The molecule has 1 heterocycles. The number of likely N-dealkylation sites (tertiary alicyclic amines) is 1. The first-order chi connectivity index (χ1) is 12.0. The Morgan fingerprint density at radius 1 is 1.16 bits per heavy atom. The van der Waals surface area contributed by atoms with E-state index in [2.05, 4.69) is 5.32 Å². The van der Waals surface area contributed by atoms with E-state index in [4.69, 9.17) is 23.2 Å². The van der Waals surface area contributed by atoms with E-state index in [-0.39, 0.29) is 5.91 Å². The molecule has 0 bridgehead atoms. The Morgan fingerprint density at radius 3 is 2.48 bits per heavy atom. The largest absolute Gasteiger partial charge is 0.392 e. The molecule has 132 valence electrons. The lowest BCUT2D eigenvalue weighted by molar-refractivity contribution is -0.122. The molecule has 0 saturated carbocycles. The van der Waals surface area contributed by atoms with Gasteiger partial charge in [-0.3, -0.25) is 9.69 Å². The molecule has 0 aromatic heterocycles. The molecule has 0 spiro atoms. The number of carbonyl (C=O) groups is 1. The molecule has 1 fully saturated rings. The lowest BCUT2D eigenvalue weighted by Crippen LogP contribution is -2.44. The predicted molar refractivity (Wildman–Crippen MR) is 101 cm³/mol. The van der Waals surface area contributed by atoms with Gasteiger partial charge in [0.05, 0.1) is 6.10 Å². The third kappa shape index (κ3) is 4.73. The Kier molecular flexibility index (Phi) is 5.97. The molecule has 3 rings (SSSR count). The van der Waals surface area contributed by atoms with Crippen molar-refractivity contribution < 1.29 is 9.90 Å². The monoisotopic (exact) mass is 378 g/mol. The molecular weight excluding hydrogens is 359 g/mol. The summed E-state index contributed by atoms with van der Waals surface area (Å²) in [6, 6.07) is 14.1. The van der Waals surface area contributed by atoms with Gasteiger partial charge in [-0.25, -0.2) is 0 Å². The third-order valence-electron chi connectivity index (χ3n) is 4.29. The van der Waals surface area contributed by atoms with E-state index in [0.29, 0.717) is 22.3 Å². The summed E-state index contributed by atoms with van der Waals surface area (Å²) in [4.78, 5) is 15.0. The molecule has 0 radical (unpaired) electrons. The standard InChI is InChI=1S/C19H20Cl2N2O2/c20-14-9-15(21)11-16(10-14)22-19(25)18(13-5-2-1-3-6-13)23-8-4-7-17(24)12-23/h1-3,5-6,9-11,17-18,24H,4,7-8,12H2,(H,22,25). The van der Waals surface area contributed by atoms with Gasteiger partial charge in [0, 0.05) is 22.3 Å². The predicted octanol–water partition coefficient (Wildman–Crippen LogP) is 4.13. The lowest BCUT2D eigenvalue weighted by atomic mass is 9.99. The molecule has 6 heteroatoms. The van der Waals surface area contributed by atoms with Gasteiger partial charge >= 0.3 is 0 Å². The number of rotatable bonds is 4. The first kappa shape index (κ1) is 18.2. The number of piperidine rings is 1. The van der Waals surface area contributed by atoms with E-state index in [1.807, 2.05) is 35.2 Å². The van der Waals surface area contributed by atoms with Crippen molar-refractivity contribution in [3.63, 3.8) is 0 Å². The SMILES string of the molecule is O=C(Nc1cc(Cl)cc(Cl)c1)C(c1ccccc1)N1CCCC(O)C1. The molecule has 2 aromatic carbocycles. The van der Waals surface area contributed by atoms with Gasteiger partial charge in [0.25, 0.3) is 0 Å². The van der Waals surface area contributed by atoms with Gasteiger partial charge in [-0.05, 0) is 43.1 Å². The van der Waals surface area contributed by atoms with E-state index >= 15 is 0 Å². The zero-order valence-corrected chi connectivity index (χ0v) is 15.2. The van der Waals surface area contributed by atoms with Crippen LogP contribution in [0.15, 0.2) is 48.5 Å². The van der Waals surface area contributed by atoms with E-state index in [9.17, 15) is 9.90 Å². The second-order valence-corrected chi connectivity index (χ2v) is 7.12. The second-order valence-electron chi connectivity index (χ2n) is 6.25. The number of nitrogens with one attached hydrogen (secondary N) is 1. The topological polar surface area (TPSA) is 52.6 Å². The first-order valence-electron chi connectivity index (χ1n) is 8.27. The number of nitrogens with zero attached hydrogens (tertiary/aromatic N) is 1. The number of hydrogen-bond donors (Lipinski definition) is 2. The number of hydrogen-bond acceptors (Lipinski definition) is 3. The summed E-state index contributed by atoms with van der Waals surface area (Å²) in [5.74, 6) is -0.168. The second kappa shape index (κ2) is 8.19. The molecular formula is C19H20Cl2N2O2. The van der Waals surface area contributed by atoms with Crippen molar-refractivity contribution in [1.82, 2.24) is 4.90 Å². The molecule has 1 aliphatic heterocycles. The van der Waals surface area contributed by atoms with Gasteiger partial charge in [-0.15, -0.1) is 0 Å². The zero-order valence-electron chi connectivity index (χ0n) is 13.7. The van der Waals surface area contributed by atoms with E-state index < -0.39 is 12.1 Å². The maximum Gasteiger partial charge on any atom is 0.246 e. The minimum absolute atomic E-state index is 0.168. The fourth-order valence-corrected chi connectivity index (χ4v) is 3.74. The minimum Gasteiger partial charge on any atom is -0.392 e. The average molecular weight is 379 g/mol. The highest BCUT2D eigenvalue weighted by atomic mass is 35.5. The summed E-state index contributed by atoms with van der Waals surface area (Å²) in [5.41, 5.74) is 1.45. The molecule has 2 unspecified atom stereocenters. The van der Waals surface area contributed by atoms with Crippen molar-refractivity contribution in [2.75, 3.05) is 18.4 Å². The summed E-state index contributed by atoms with van der Waals surface area (Å²) in [6.45, 7) is 1.24. The average Bonchev–Trinajstić information content (AvgIpc) is 2.55. The van der Waals surface area contributed by atoms with Crippen LogP contribution in [0.1, 0.15) is 24.4 Å². The van der Waals surface area contributed by atoms with Crippen LogP contribution in [0.2, 0.25) is 10.0 Å². The maximum atomic E-state index is 13.0. The van der Waals surface area contributed by atoms with Crippen LogP contribution in [-0.4, -0.2) is 35.1 Å². The number of amides is 1. The number of benzene rings is 2. The molecule has 1 amide bonds. The summed E-state index contributed by atoms with van der Waals surface area (Å²) < 4.78 is 0. The molecule has 25 heavy (non-hydrogen) atoms. The summed E-state index contributed by atoms with van der Waals surface area (Å²) >= 11 is 12.0. The zero-order chi connectivity index (χ0) is 17.8. The number of aliphatic hydroxyl groups is 1. The van der Waals surface area contributed by atoms with Gasteiger partial charge in [-0.1, -0.05) is 53.5 Å². The van der Waals surface area contributed by atoms with Crippen molar-refractivity contribution in [2.45, 2.75) is 25.0 Å². The molecule has 2 atom stereocenters. The van der Waals surface area contributed by atoms with Crippen LogP contribution in [0.5, 0.6) is 0 Å². The van der Waals surface area contributed by atoms with Crippen LogP contribution in [0.3, 0.4) is 0 Å². The lowest BCUT2D eigenvalue weighted by Gasteiger charge is -2.36. The Morgan fingerprint density at radius 2 is 1.84 bits per heavy atom. The summed E-state index contributed by atoms with van der Waals surface area (Å²) in [5, 5.41) is 13.8. The fourth-order valence-electron chi connectivity index (χ4n) is 3.22. The highest BCUT2D eigenvalue weighted by Crippen LogP contribution is 2.28. The van der Waals surface area contributed by atoms with Gasteiger partial charge in [0.1, 0.15) is 6.04 Å². The van der Waals surface area contributed by atoms with Crippen LogP contribution in [0.25, 0.3) is 0 Å². The van der Waals surface area contributed by atoms with Crippen LogP contribution >= 0.6 is 23.2 Å². The van der Waals surface area contributed by atoms with Crippen molar-refractivity contribution in [3.8, 4) is 0 Å². The normalized spacial score (nSPS) is 19.4. The van der Waals surface area contributed by atoms with Crippen LogP contribution in [-0.2, 0) is 4.79 Å². The highest BCUT2D eigenvalue weighted by Gasteiger charge is 2.31. The van der Waals surface area contributed by atoms with Crippen LogP contribution in [0, 0.1) is 0 Å². The molecule has 1 saturated heterocycles. The maximum absolute atomic E-state index is 13.0. The van der Waals surface area contributed by atoms with Gasteiger partial charge in [0.15, 0.2) is 0 Å². The van der Waals surface area contributed by atoms with Gasteiger partial charge in [0.2, 0.25) is 5.91 Å². The highest BCUT2D eigenvalue weighted by molar-refractivity contribution is 6.35. The van der Waals surface area contributed by atoms with E-state index in [1.165, 1.54) is 0 Å². The van der Waals surface area contributed by atoms with Crippen LogP contribution < -0.4 is 5.32 Å². The number of halogens is 2. The Balaban J connectivity index is 1.86. The summed E-state index contributed by atoms with van der Waals surface area (Å²) in [6.07, 6.45) is 1.22. The minimum atomic E-state index is -0.478. The summed E-state index contributed by atoms with van der Waals surface area (Å²) in [7, 11) is 0. The van der Waals surface area contributed by atoms with Crippen LogP contribution in [0.4, 0.5) is 5.69 Å². The van der Waals surface area contributed by atoms with Crippen molar-refractivity contribution >= 4 is 34.8 Å². The smallest absolute Gasteiger partial charge is 0.246 e. The number of aliphatic hydroxyl groups excluding tert-OH is 1. The molecule has 4 nitrogen and oxygen atoms in total. The van der Waals surface area contributed by atoms with E-state index in [0.717, 1.165) is 24.9 Å². The first-order valence-corrected chi connectivity index (χ1v) is 9.02. The Bertz CT molecular complexity index is 719. The molecule has 2 aromatic rings. The number of β-amino-alcohol motifs (C(OH)–C–C–N with tert-alkyl or cyclic N) is 1.